The average molecular weight is 441 g/mol. The zero-order valence-corrected chi connectivity index (χ0v) is 22.4. The van der Waals surface area contributed by atoms with Gasteiger partial charge in [-0.05, 0) is 112 Å². The van der Waals surface area contributed by atoms with Crippen molar-refractivity contribution in [1.82, 2.24) is 0 Å². The lowest BCUT2D eigenvalue weighted by Gasteiger charge is -2.16. The summed E-state index contributed by atoms with van der Waals surface area (Å²) in [5.41, 5.74) is 6.68. The van der Waals surface area contributed by atoms with E-state index in [1.807, 2.05) is 6.92 Å². The van der Waals surface area contributed by atoms with Gasteiger partial charge in [0.05, 0.1) is 5.60 Å². The lowest BCUT2D eigenvalue weighted by Crippen LogP contribution is -2.19. The monoisotopic (exact) mass is 440 g/mol. The van der Waals surface area contributed by atoms with Gasteiger partial charge < -0.3 is 5.11 Å². The summed E-state index contributed by atoms with van der Waals surface area (Å²) in [7, 11) is 0. The Morgan fingerprint density at radius 3 is 1.25 bits per heavy atom. The predicted molar refractivity (Wildman–Crippen MR) is 146 cm³/mol. The van der Waals surface area contributed by atoms with Crippen molar-refractivity contribution in [2.45, 2.75) is 125 Å². The number of allylic oxidation sites excluding steroid dienone is 10. The summed E-state index contributed by atoms with van der Waals surface area (Å²) in [5, 5.41) is 9.97. The van der Waals surface area contributed by atoms with Gasteiger partial charge in [0, 0.05) is 0 Å². The molecule has 0 bridgehead atoms. The van der Waals surface area contributed by atoms with Crippen LogP contribution in [0.4, 0.5) is 0 Å². The lowest BCUT2D eigenvalue weighted by atomic mass is 9.99. The standard InChI is InChI=1S/C31H52O/c1-9-26(3)16-11-17-27(4)18-12-19-28(5)20-13-21-29(6)22-14-23-30(7)24-15-25-31(8,32)10-2/h10,16,18,20,22,24,32H,2,9,11-15,17,19,21,23,25H2,1,3-8H3. The Kier molecular flexibility index (Phi) is 17.0. The summed E-state index contributed by atoms with van der Waals surface area (Å²) >= 11 is 0. The van der Waals surface area contributed by atoms with Gasteiger partial charge >= 0.3 is 0 Å². The zero-order valence-electron chi connectivity index (χ0n) is 22.4. The molecule has 1 heteroatoms. The van der Waals surface area contributed by atoms with Crippen LogP contribution in [0.3, 0.4) is 0 Å². The largest absolute Gasteiger partial charge is 0.386 e. The van der Waals surface area contributed by atoms with Crippen LogP contribution in [0.2, 0.25) is 0 Å². The first-order chi connectivity index (χ1) is 15.1. The van der Waals surface area contributed by atoms with Crippen LogP contribution < -0.4 is 0 Å². The molecular formula is C31H52O. The highest BCUT2D eigenvalue weighted by molar-refractivity contribution is 5.08. The van der Waals surface area contributed by atoms with Crippen molar-refractivity contribution in [2.75, 3.05) is 0 Å². The van der Waals surface area contributed by atoms with Crippen LogP contribution in [0.25, 0.3) is 0 Å². The third-order valence-corrected chi connectivity index (χ3v) is 6.27. The molecule has 0 saturated heterocycles. The van der Waals surface area contributed by atoms with Crippen LogP contribution >= 0.6 is 0 Å². The normalized spacial score (nSPS) is 16.3. The van der Waals surface area contributed by atoms with E-state index in [4.69, 9.17) is 0 Å². The number of hydrogen-bond acceptors (Lipinski definition) is 1. The van der Waals surface area contributed by atoms with Crippen molar-refractivity contribution >= 4 is 0 Å². The molecule has 1 atom stereocenters. The summed E-state index contributed by atoms with van der Waals surface area (Å²) in [6, 6.07) is 0. The van der Waals surface area contributed by atoms with Gasteiger partial charge in [-0.2, -0.15) is 0 Å². The summed E-state index contributed by atoms with van der Waals surface area (Å²) < 4.78 is 0. The minimum atomic E-state index is -0.751. The molecule has 1 unspecified atom stereocenters. The molecule has 0 aromatic carbocycles. The summed E-state index contributed by atoms with van der Waals surface area (Å²) in [5.74, 6) is 0. The van der Waals surface area contributed by atoms with E-state index in [9.17, 15) is 5.11 Å². The van der Waals surface area contributed by atoms with Crippen LogP contribution in [-0.2, 0) is 0 Å². The molecule has 0 aromatic heterocycles. The SMILES string of the molecule is C=CC(C)(O)CCC=C(C)CCC=C(C)CCC=C(C)CCC=C(C)CCC=C(C)CC. The van der Waals surface area contributed by atoms with Gasteiger partial charge in [-0.25, -0.2) is 0 Å². The van der Waals surface area contributed by atoms with E-state index in [1.165, 1.54) is 53.5 Å². The molecule has 182 valence electrons. The van der Waals surface area contributed by atoms with Crippen molar-refractivity contribution in [2.24, 2.45) is 0 Å². The Labute approximate surface area is 200 Å². The molecule has 0 saturated carbocycles. The van der Waals surface area contributed by atoms with Crippen LogP contribution in [0.15, 0.2) is 70.9 Å². The molecular weight excluding hydrogens is 388 g/mol. The fourth-order valence-corrected chi connectivity index (χ4v) is 3.45. The van der Waals surface area contributed by atoms with Crippen molar-refractivity contribution in [3.8, 4) is 0 Å². The minimum Gasteiger partial charge on any atom is -0.386 e. The number of aliphatic hydroxyl groups is 1. The molecule has 0 heterocycles. The van der Waals surface area contributed by atoms with E-state index in [1.54, 1.807) is 6.08 Å². The smallest absolute Gasteiger partial charge is 0.0800 e. The van der Waals surface area contributed by atoms with Gasteiger partial charge in [0.1, 0.15) is 0 Å². The fourth-order valence-electron chi connectivity index (χ4n) is 3.45. The Hall–Kier alpha value is -1.60. The van der Waals surface area contributed by atoms with Gasteiger partial charge in [0.15, 0.2) is 0 Å². The summed E-state index contributed by atoms with van der Waals surface area (Å²) in [6.07, 6.45) is 25.5. The molecule has 1 nitrogen and oxygen atoms in total. The highest BCUT2D eigenvalue weighted by Gasteiger charge is 2.13. The predicted octanol–water partition coefficient (Wildman–Crippen LogP) is 9.97. The molecule has 0 rings (SSSR count). The highest BCUT2D eigenvalue weighted by atomic mass is 16.3. The van der Waals surface area contributed by atoms with Crippen molar-refractivity contribution in [1.29, 1.82) is 0 Å². The maximum absolute atomic E-state index is 9.97. The van der Waals surface area contributed by atoms with E-state index in [2.05, 4.69) is 78.5 Å². The Bertz CT molecular complexity index is 679. The van der Waals surface area contributed by atoms with E-state index in [0.29, 0.717) is 0 Å². The molecule has 0 spiro atoms. The maximum atomic E-state index is 9.97. The van der Waals surface area contributed by atoms with E-state index in [-0.39, 0.29) is 0 Å². The minimum absolute atomic E-state index is 0.736. The summed E-state index contributed by atoms with van der Waals surface area (Å²) in [4.78, 5) is 0. The molecule has 0 aliphatic heterocycles. The molecule has 0 fully saturated rings. The number of hydrogen-bond donors (Lipinski definition) is 1. The first-order valence-electron chi connectivity index (χ1n) is 12.7. The summed E-state index contributed by atoms with van der Waals surface area (Å²) in [6.45, 7) is 18.9. The second kappa shape index (κ2) is 17.9. The Morgan fingerprint density at radius 1 is 0.625 bits per heavy atom. The van der Waals surface area contributed by atoms with Crippen LogP contribution in [-0.4, -0.2) is 10.7 Å². The fraction of sp³-hybridized carbons (Fsp3) is 0.613. The Balaban J connectivity index is 4.13. The molecule has 32 heavy (non-hydrogen) atoms. The molecule has 0 amide bonds. The number of rotatable bonds is 17. The van der Waals surface area contributed by atoms with Crippen LogP contribution in [0.5, 0.6) is 0 Å². The lowest BCUT2D eigenvalue weighted by molar-refractivity contribution is 0.103. The molecule has 0 aromatic rings. The van der Waals surface area contributed by atoms with Gasteiger partial charge in [-0.1, -0.05) is 71.2 Å². The molecule has 0 radical (unpaired) electrons. The van der Waals surface area contributed by atoms with Gasteiger partial charge in [0.25, 0.3) is 0 Å². The Morgan fingerprint density at radius 2 is 0.938 bits per heavy atom. The van der Waals surface area contributed by atoms with E-state index in [0.717, 1.165) is 44.9 Å². The van der Waals surface area contributed by atoms with Crippen molar-refractivity contribution in [3.63, 3.8) is 0 Å². The second-order valence-electron chi connectivity index (χ2n) is 9.86. The molecule has 0 aliphatic rings. The van der Waals surface area contributed by atoms with Crippen LogP contribution in [0.1, 0.15) is 119 Å². The van der Waals surface area contributed by atoms with Crippen LogP contribution in [0, 0.1) is 0 Å². The van der Waals surface area contributed by atoms with Gasteiger partial charge in [0.2, 0.25) is 0 Å². The third kappa shape index (κ3) is 18.0. The van der Waals surface area contributed by atoms with E-state index >= 15 is 0 Å². The highest BCUT2D eigenvalue weighted by Crippen LogP contribution is 2.17. The average Bonchev–Trinajstić information content (AvgIpc) is 2.73. The van der Waals surface area contributed by atoms with E-state index < -0.39 is 5.60 Å². The van der Waals surface area contributed by atoms with Gasteiger partial charge in [-0.3, -0.25) is 0 Å². The van der Waals surface area contributed by atoms with Gasteiger partial charge in [-0.15, -0.1) is 6.58 Å². The molecule has 0 aliphatic carbocycles. The zero-order chi connectivity index (χ0) is 24.4. The van der Waals surface area contributed by atoms with Crippen molar-refractivity contribution in [3.05, 3.63) is 70.9 Å². The molecule has 1 N–H and O–H groups in total. The van der Waals surface area contributed by atoms with Crippen molar-refractivity contribution < 1.29 is 5.11 Å². The quantitative estimate of drug-likeness (QED) is 0.223. The second-order valence-corrected chi connectivity index (χ2v) is 9.86. The third-order valence-electron chi connectivity index (χ3n) is 6.27. The maximum Gasteiger partial charge on any atom is 0.0800 e. The topological polar surface area (TPSA) is 20.2 Å². The first-order valence-corrected chi connectivity index (χ1v) is 12.7. The first kappa shape index (κ1) is 30.4.